The third kappa shape index (κ3) is 4.25. The van der Waals surface area contributed by atoms with Crippen molar-refractivity contribution in [2.75, 3.05) is 19.3 Å². The van der Waals surface area contributed by atoms with Crippen molar-refractivity contribution in [2.24, 2.45) is 0 Å². The van der Waals surface area contributed by atoms with Crippen LogP contribution in [0.15, 0.2) is 52.5 Å². The largest absolute Gasteiger partial charge is 0.339 e. The van der Waals surface area contributed by atoms with Crippen LogP contribution in [0.3, 0.4) is 0 Å². The molecule has 1 fully saturated rings. The third-order valence-corrected chi connectivity index (χ3v) is 6.49. The van der Waals surface area contributed by atoms with Gasteiger partial charge in [-0.3, -0.25) is 9.78 Å². The molecule has 0 atom stereocenters. The molecule has 0 saturated carbocycles. The Kier molecular flexibility index (Phi) is 5.95. The third-order valence-electron chi connectivity index (χ3n) is 4.29. The highest BCUT2D eigenvalue weighted by molar-refractivity contribution is 7.98. The summed E-state index contributed by atoms with van der Waals surface area (Å²) in [6, 6.07) is 8.28. The molecule has 1 saturated heterocycles. The Hall–Kier alpha value is -1.90. The molecular formula is C18H21N3O3S2. The van der Waals surface area contributed by atoms with Gasteiger partial charge in [-0.05, 0) is 48.9 Å². The Morgan fingerprint density at radius 1 is 1.27 bits per heavy atom. The van der Waals surface area contributed by atoms with Crippen LogP contribution in [-0.2, 0) is 16.6 Å². The fourth-order valence-electron chi connectivity index (χ4n) is 2.88. The number of amides is 1. The van der Waals surface area contributed by atoms with E-state index < -0.39 is 10.0 Å². The van der Waals surface area contributed by atoms with E-state index in [2.05, 4.69) is 9.71 Å². The summed E-state index contributed by atoms with van der Waals surface area (Å²) in [6.45, 7) is 1.60. The lowest BCUT2D eigenvalue weighted by Gasteiger charge is -2.18. The second kappa shape index (κ2) is 8.20. The molecule has 1 amide bonds. The monoisotopic (exact) mass is 391 g/mol. The second-order valence-corrected chi connectivity index (χ2v) is 8.66. The molecule has 8 heteroatoms. The smallest absolute Gasteiger partial charge is 0.255 e. The molecule has 1 aromatic heterocycles. The predicted octanol–water partition coefficient (Wildman–Crippen LogP) is 2.52. The zero-order valence-corrected chi connectivity index (χ0v) is 16.1. The van der Waals surface area contributed by atoms with Crippen molar-refractivity contribution in [1.29, 1.82) is 0 Å². The van der Waals surface area contributed by atoms with E-state index in [1.165, 1.54) is 23.9 Å². The molecule has 0 bridgehead atoms. The van der Waals surface area contributed by atoms with Crippen molar-refractivity contribution in [3.8, 4) is 0 Å². The Labute approximate surface area is 158 Å². The van der Waals surface area contributed by atoms with Gasteiger partial charge in [0.05, 0.1) is 10.5 Å². The van der Waals surface area contributed by atoms with Gasteiger partial charge in [0.25, 0.3) is 5.91 Å². The van der Waals surface area contributed by atoms with E-state index in [0.29, 0.717) is 5.56 Å². The van der Waals surface area contributed by atoms with E-state index in [-0.39, 0.29) is 17.3 Å². The summed E-state index contributed by atoms with van der Waals surface area (Å²) in [7, 11) is -3.72. The molecule has 26 heavy (non-hydrogen) atoms. The van der Waals surface area contributed by atoms with Crippen LogP contribution in [0.4, 0.5) is 0 Å². The van der Waals surface area contributed by atoms with Crippen molar-refractivity contribution in [1.82, 2.24) is 14.6 Å². The van der Waals surface area contributed by atoms with Crippen LogP contribution in [0, 0.1) is 0 Å². The Balaban J connectivity index is 1.84. The number of hydrogen-bond donors (Lipinski definition) is 1. The summed E-state index contributed by atoms with van der Waals surface area (Å²) in [5.41, 5.74) is 1.22. The average molecular weight is 392 g/mol. The van der Waals surface area contributed by atoms with Crippen LogP contribution in [0.5, 0.6) is 0 Å². The van der Waals surface area contributed by atoms with Gasteiger partial charge in [-0.15, -0.1) is 11.8 Å². The number of hydrogen-bond acceptors (Lipinski definition) is 5. The summed E-state index contributed by atoms with van der Waals surface area (Å²) >= 11 is 1.44. The SMILES string of the molecule is CSc1ccc(S(=O)(=O)NCc2cccnc2)cc1C(=O)N1CCCC1. The summed E-state index contributed by atoms with van der Waals surface area (Å²) in [5.74, 6) is -0.101. The minimum atomic E-state index is -3.72. The van der Waals surface area contributed by atoms with Gasteiger partial charge in [-0.25, -0.2) is 13.1 Å². The van der Waals surface area contributed by atoms with Crippen molar-refractivity contribution in [3.05, 3.63) is 53.9 Å². The lowest BCUT2D eigenvalue weighted by atomic mass is 10.2. The number of nitrogens with one attached hydrogen (secondary N) is 1. The van der Waals surface area contributed by atoms with Crippen LogP contribution in [0.25, 0.3) is 0 Å². The molecule has 1 aromatic carbocycles. The zero-order chi connectivity index (χ0) is 18.6. The molecule has 1 N–H and O–H groups in total. The number of carbonyl (C=O) groups is 1. The minimum absolute atomic E-state index is 0.0988. The topological polar surface area (TPSA) is 79.4 Å². The van der Waals surface area contributed by atoms with Crippen molar-refractivity contribution in [2.45, 2.75) is 29.2 Å². The highest BCUT2D eigenvalue weighted by atomic mass is 32.2. The van der Waals surface area contributed by atoms with E-state index in [0.717, 1.165) is 36.4 Å². The van der Waals surface area contributed by atoms with E-state index in [1.54, 1.807) is 35.5 Å². The molecule has 3 rings (SSSR count). The van der Waals surface area contributed by atoms with Crippen LogP contribution in [0.2, 0.25) is 0 Å². The van der Waals surface area contributed by atoms with E-state index in [4.69, 9.17) is 0 Å². The van der Waals surface area contributed by atoms with Crippen molar-refractivity contribution in [3.63, 3.8) is 0 Å². The lowest BCUT2D eigenvalue weighted by molar-refractivity contribution is 0.0789. The van der Waals surface area contributed by atoms with E-state index in [1.807, 2.05) is 6.26 Å². The number of aromatic nitrogens is 1. The molecule has 138 valence electrons. The van der Waals surface area contributed by atoms with Gasteiger partial charge in [0.1, 0.15) is 0 Å². The first-order chi connectivity index (χ1) is 12.5. The number of rotatable bonds is 6. The molecule has 2 aromatic rings. The first kappa shape index (κ1) is 18.9. The average Bonchev–Trinajstić information content (AvgIpc) is 3.21. The number of nitrogens with zero attached hydrogens (tertiary/aromatic N) is 2. The summed E-state index contributed by atoms with van der Waals surface area (Å²) in [5, 5.41) is 0. The summed E-state index contributed by atoms with van der Waals surface area (Å²) in [6.07, 6.45) is 7.11. The lowest BCUT2D eigenvalue weighted by Crippen LogP contribution is -2.29. The number of likely N-dealkylation sites (tertiary alicyclic amines) is 1. The molecule has 0 aliphatic carbocycles. The molecule has 6 nitrogen and oxygen atoms in total. The van der Waals surface area contributed by atoms with Gasteiger partial charge in [-0.2, -0.15) is 0 Å². The summed E-state index contributed by atoms with van der Waals surface area (Å²) in [4.78, 5) is 19.4. The highest BCUT2D eigenvalue weighted by Gasteiger charge is 2.24. The Bertz CT molecular complexity index is 880. The van der Waals surface area contributed by atoms with Crippen LogP contribution in [-0.4, -0.2) is 43.6 Å². The Morgan fingerprint density at radius 2 is 2.04 bits per heavy atom. The maximum atomic E-state index is 12.8. The standard InChI is InChI=1S/C18H21N3O3S2/c1-25-17-7-6-15(11-16(17)18(22)21-9-2-3-10-21)26(23,24)20-13-14-5-4-8-19-12-14/h4-8,11-12,20H,2-3,9-10,13H2,1H3. The number of sulfonamides is 1. The summed E-state index contributed by atoms with van der Waals surface area (Å²) < 4.78 is 27.8. The van der Waals surface area contributed by atoms with Gasteiger partial charge < -0.3 is 4.90 Å². The number of benzene rings is 1. The number of pyridine rings is 1. The van der Waals surface area contributed by atoms with Gasteiger partial charge in [0, 0.05) is 36.9 Å². The second-order valence-electron chi connectivity index (χ2n) is 6.05. The molecule has 0 unspecified atom stereocenters. The molecule has 2 heterocycles. The fourth-order valence-corrected chi connectivity index (χ4v) is 4.49. The van der Waals surface area contributed by atoms with Gasteiger partial charge in [0.15, 0.2) is 0 Å². The fraction of sp³-hybridized carbons (Fsp3) is 0.333. The molecular weight excluding hydrogens is 370 g/mol. The first-order valence-electron chi connectivity index (χ1n) is 8.37. The molecule has 0 radical (unpaired) electrons. The number of thioether (sulfide) groups is 1. The Morgan fingerprint density at radius 3 is 2.69 bits per heavy atom. The first-order valence-corrected chi connectivity index (χ1v) is 11.1. The maximum absolute atomic E-state index is 12.8. The molecule has 1 aliphatic rings. The zero-order valence-electron chi connectivity index (χ0n) is 14.5. The normalized spacial score (nSPS) is 14.6. The van der Waals surface area contributed by atoms with Gasteiger partial charge >= 0.3 is 0 Å². The minimum Gasteiger partial charge on any atom is -0.339 e. The van der Waals surface area contributed by atoms with Crippen LogP contribution >= 0.6 is 11.8 Å². The van der Waals surface area contributed by atoms with E-state index >= 15 is 0 Å². The van der Waals surface area contributed by atoms with Crippen LogP contribution < -0.4 is 4.72 Å². The maximum Gasteiger partial charge on any atom is 0.255 e. The van der Waals surface area contributed by atoms with Crippen molar-refractivity contribution >= 4 is 27.7 Å². The molecule has 0 spiro atoms. The van der Waals surface area contributed by atoms with Gasteiger partial charge in [-0.1, -0.05) is 6.07 Å². The number of carbonyl (C=O) groups excluding carboxylic acids is 1. The van der Waals surface area contributed by atoms with Crippen molar-refractivity contribution < 1.29 is 13.2 Å². The predicted molar refractivity (Wildman–Crippen MR) is 102 cm³/mol. The van der Waals surface area contributed by atoms with Crippen LogP contribution in [0.1, 0.15) is 28.8 Å². The van der Waals surface area contributed by atoms with E-state index in [9.17, 15) is 13.2 Å². The molecule has 1 aliphatic heterocycles. The van der Waals surface area contributed by atoms with Gasteiger partial charge in [0.2, 0.25) is 10.0 Å². The quantitative estimate of drug-likeness (QED) is 0.766. The highest BCUT2D eigenvalue weighted by Crippen LogP contribution is 2.26.